The van der Waals surface area contributed by atoms with Crippen molar-refractivity contribution in [2.45, 2.75) is 18.2 Å². The van der Waals surface area contributed by atoms with E-state index in [9.17, 15) is 14.9 Å². The first-order chi connectivity index (χ1) is 16.1. The van der Waals surface area contributed by atoms with Crippen LogP contribution < -0.4 is 10.2 Å². The summed E-state index contributed by atoms with van der Waals surface area (Å²) in [5.74, 6) is -0.694. The molecule has 33 heavy (non-hydrogen) atoms. The van der Waals surface area contributed by atoms with Gasteiger partial charge in [-0.3, -0.25) is 14.5 Å². The lowest BCUT2D eigenvalue weighted by Crippen LogP contribution is -2.32. The van der Waals surface area contributed by atoms with E-state index in [-0.39, 0.29) is 18.0 Å². The summed E-state index contributed by atoms with van der Waals surface area (Å²) in [5.41, 5.74) is 2.40. The number of nitriles is 1. The molecule has 0 saturated carbocycles. The highest BCUT2D eigenvalue weighted by Crippen LogP contribution is 2.42. The Labute approximate surface area is 201 Å². The molecule has 3 aromatic rings. The molecule has 0 aliphatic carbocycles. The van der Waals surface area contributed by atoms with Crippen LogP contribution in [0.2, 0.25) is 5.02 Å². The van der Waals surface area contributed by atoms with Crippen molar-refractivity contribution in [3.05, 3.63) is 112 Å². The summed E-state index contributed by atoms with van der Waals surface area (Å²) in [6, 6.07) is 27.9. The lowest BCUT2D eigenvalue weighted by molar-refractivity contribution is -0.117. The number of benzene rings is 3. The van der Waals surface area contributed by atoms with E-state index in [1.165, 1.54) is 16.7 Å². The molecule has 0 aromatic heterocycles. The van der Waals surface area contributed by atoms with Gasteiger partial charge in [0.15, 0.2) is 0 Å². The van der Waals surface area contributed by atoms with Crippen LogP contribution in [-0.2, 0) is 22.6 Å². The second-order valence-corrected chi connectivity index (χ2v) is 9.03. The van der Waals surface area contributed by atoms with Gasteiger partial charge < -0.3 is 5.32 Å². The molecule has 1 aliphatic heterocycles. The van der Waals surface area contributed by atoms with E-state index in [0.717, 1.165) is 11.1 Å². The van der Waals surface area contributed by atoms with Crippen molar-refractivity contribution in [2.24, 2.45) is 0 Å². The van der Waals surface area contributed by atoms with Gasteiger partial charge in [0.2, 0.25) is 5.91 Å². The van der Waals surface area contributed by atoms with Crippen molar-refractivity contribution < 1.29 is 9.59 Å². The number of carbonyl (C=O) groups is 2. The van der Waals surface area contributed by atoms with Gasteiger partial charge in [-0.2, -0.15) is 5.26 Å². The summed E-state index contributed by atoms with van der Waals surface area (Å²) in [4.78, 5) is 27.9. The first-order valence-corrected chi connectivity index (χ1v) is 11.6. The van der Waals surface area contributed by atoms with Gasteiger partial charge in [0.05, 0.1) is 5.25 Å². The Morgan fingerprint density at radius 1 is 0.970 bits per heavy atom. The van der Waals surface area contributed by atoms with E-state index in [1.54, 1.807) is 24.3 Å². The Bertz CT molecular complexity index is 1220. The molecule has 164 valence electrons. The first kappa shape index (κ1) is 22.7. The van der Waals surface area contributed by atoms with Crippen molar-refractivity contribution in [1.29, 1.82) is 5.26 Å². The van der Waals surface area contributed by atoms with Crippen LogP contribution in [0, 0.1) is 11.3 Å². The van der Waals surface area contributed by atoms with Crippen LogP contribution >= 0.6 is 23.4 Å². The molecule has 0 bridgehead atoms. The van der Waals surface area contributed by atoms with Crippen molar-refractivity contribution in [3.63, 3.8) is 0 Å². The molecular weight excluding hydrogens is 454 g/mol. The van der Waals surface area contributed by atoms with Gasteiger partial charge in [-0.15, -0.1) is 0 Å². The van der Waals surface area contributed by atoms with Gasteiger partial charge in [-0.25, -0.2) is 0 Å². The molecule has 1 N–H and O–H groups in total. The molecule has 4 rings (SSSR count). The molecule has 7 heteroatoms. The second-order valence-electron chi connectivity index (χ2n) is 7.41. The number of amides is 2. The highest BCUT2D eigenvalue weighted by molar-refractivity contribution is 8.05. The number of anilines is 1. The van der Waals surface area contributed by atoms with Gasteiger partial charge in [-0.1, -0.05) is 84.0 Å². The molecule has 1 atom stereocenters. The van der Waals surface area contributed by atoms with Gasteiger partial charge in [0.1, 0.15) is 16.7 Å². The summed E-state index contributed by atoms with van der Waals surface area (Å²) in [6.45, 7) is 0.283. The van der Waals surface area contributed by atoms with Crippen molar-refractivity contribution in [2.75, 3.05) is 4.90 Å². The third-order valence-corrected chi connectivity index (χ3v) is 6.66. The Morgan fingerprint density at radius 3 is 2.18 bits per heavy atom. The number of halogens is 1. The highest BCUT2D eigenvalue weighted by atomic mass is 35.5. The molecular formula is C26H20ClN3O2S. The van der Waals surface area contributed by atoms with E-state index < -0.39 is 11.2 Å². The third-order valence-electron chi connectivity index (χ3n) is 5.15. The zero-order valence-electron chi connectivity index (χ0n) is 17.6. The first-order valence-electron chi connectivity index (χ1n) is 10.3. The van der Waals surface area contributed by atoms with Crippen LogP contribution in [0.25, 0.3) is 0 Å². The predicted molar refractivity (Wildman–Crippen MR) is 131 cm³/mol. The van der Waals surface area contributed by atoms with E-state index in [2.05, 4.69) is 5.32 Å². The molecule has 5 nitrogen and oxygen atoms in total. The maximum absolute atomic E-state index is 13.4. The van der Waals surface area contributed by atoms with E-state index >= 15 is 0 Å². The summed E-state index contributed by atoms with van der Waals surface area (Å²) in [5, 5.41) is 13.1. The van der Waals surface area contributed by atoms with Gasteiger partial charge >= 0.3 is 0 Å². The second kappa shape index (κ2) is 10.4. The highest BCUT2D eigenvalue weighted by Gasteiger charge is 2.40. The molecule has 1 aliphatic rings. The number of nitrogens with one attached hydrogen (secondary N) is 1. The normalized spacial score (nSPS) is 16.9. The topological polar surface area (TPSA) is 73.2 Å². The molecule has 1 fully saturated rings. The van der Waals surface area contributed by atoms with Crippen LogP contribution in [0.15, 0.2) is 95.5 Å². The lowest BCUT2D eigenvalue weighted by Gasteiger charge is -2.19. The minimum absolute atomic E-state index is 0.0882. The lowest BCUT2D eigenvalue weighted by atomic mass is 10.1. The third kappa shape index (κ3) is 5.28. The Morgan fingerprint density at radius 2 is 1.58 bits per heavy atom. The average molecular weight is 474 g/mol. The number of hydrogen-bond acceptors (Lipinski definition) is 4. The fraction of sp³-hybridized carbons (Fsp3) is 0.115. The van der Waals surface area contributed by atoms with Gasteiger partial charge in [-0.05, 0) is 41.8 Å². The number of rotatable bonds is 6. The molecule has 3 aromatic carbocycles. The van der Waals surface area contributed by atoms with E-state index in [0.29, 0.717) is 22.2 Å². The molecule has 0 unspecified atom stereocenters. The molecule has 1 heterocycles. The zero-order valence-corrected chi connectivity index (χ0v) is 19.1. The monoisotopic (exact) mass is 473 g/mol. The Balaban J connectivity index is 1.67. The Kier molecular flexibility index (Phi) is 7.13. The number of nitrogens with zero attached hydrogens (tertiary/aromatic N) is 2. The standard InChI is InChI=1S/C26H20ClN3O2S/c27-20-11-13-21(14-12-20)30-25(32)23(15-18-7-3-1-4-8-18)33-26(30)22(16-28)24(31)29-17-19-9-5-2-6-10-19/h1-14,23H,15,17H2,(H,29,31)/b26-22-/t23-/m0/s1. The van der Waals surface area contributed by atoms with Gasteiger partial charge in [0, 0.05) is 17.3 Å². The summed E-state index contributed by atoms with van der Waals surface area (Å²) in [7, 11) is 0. The van der Waals surface area contributed by atoms with Crippen LogP contribution in [0.4, 0.5) is 5.69 Å². The number of hydrogen-bond donors (Lipinski definition) is 1. The zero-order chi connectivity index (χ0) is 23.2. The summed E-state index contributed by atoms with van der Waals surface area (Å²) in [6.07, 6.45) is 0.488. The van der Waals surface area contributed by atoms with Gasteiger partial charge in [0.25, 0.3) is 5.91 Å². The maximum atomic E-state index is 13.4. The molecule has 0 radical (unpaired) electrons. The molecule has 2 amide bonds. The maximum Gasteiger partial charge on any atom is 0.264 e. The van der Waals surface area contributed by atoms with Crippen molar-refractivity contribution >= 4 is 40.9 Å². The van der Waals surface area contributed by atoms with Crippen LogP contribution in [0.5, 0.6) is 0 Å². The fourth-order valence-corrected chi connectivity index (χ4v) is 4.94. The Hall–Kier alpha value is -3.53. The molecule has 0 spiro atoms. The predicted octanol–water partition coefficient (Wildman–Crippen LogP) is 5.08. The van der Waals surface area contributed by atoms with Crippen LogP contribution in [0.1, 0.15) is 11.1 Å². The number of thioether (sulfide) groups is 1. The summed E-state index contributed by atoms with van der Waals surface area (Å²) < 4.78 is 0. The van der Waals surface area contributed by atoms with Crippen molar-refractivity contribution in [1.82, 2.24) is 5.32 Å². The van der Waals surface area contributed by atoms with E-state index in [1.807, 2.05) is 66.7 Å². The minimum atomic E-state index is -0.518. The summed E-state index contributed by atoms with van der Waals surface area (Å²) >= 11 is 7.27. The SMILES string of the molecule is N#C/C(C(=O)NCc1ccccc1)=C1/S[C@@H](Cc2ccccc2)C(=O)N1c1ccc(Cl)cc1. The number of carbonyl (C=O) groups excluding carboxylic acids is 2. The average Bonchev–Trinajstić information content (AvgIpc) is 3.15. The smallest absolute Gasteiger partial charge is 0.264 e. The van der Waals surface area contributed by atoms with Crippen LogP contribution in [-0.4, -0.2) is 17.1 Å². The fourth-order valence-electron chi connectivity index (χ4n) is 3.51. The van der Waals surface area contributed by atoms with Crippen LogP contribution in [0.3, 0.4) is 0 Å². The minimum Gasteiger partial charge on any atom is -0.347 e. The van der Waals surface area contributed by atoms with E-state index in [4.69, 9.17) is 11.6 Å². The quantitative estimate of drug-likeness (QED) is 0.400. The van der Waals surface area contributed by atoms with Crippen molar-refractivity contribution in [3.8, 4) is 6.07 Å². The molecule has 1 saturated heterocycles. The largest absolute Gasteiger partial charge is 0.347 e.